The van der Waals surface area contributed by atoms with Gasteiger partial charge in [-0.25, -0.2) is 0 Å². The van der Waals surface area contributed by atoms with Crippen LogP contribution in [0.2, 0.25) is 0 Å². The van der Waals surface area contributed by atoms with Crippen molar-refractivity contribution >= 4 is 17.5 Å². The molecule has 2 N–H and O–H groups in total. The predicted molar refractivity (Wildman–Crippen MR) is 89.5 cm³/mol. The summed E-state index contributed by atoms with van der Waals surface area (Å²) in [4.78, 5) is 26.5. The lowest BCUT2D eigenvalue weighted by Crippen LogP contribution is -2.46. The van der Waals surface area contributed by atoms with Crippen LogP contribution < -0.4 is 20.1 Å². The Labute approximate surface area is 139 Å². The Hall–Kier alpha value is -3.02. The summed E-state index contributed by atoms with van der Waals surface area (Å²) < 4.78 is 10.6. The van der Waals surface area contributed by atoms with Gasteiger partial charge in [0.2, 0.25) is 5.91 Å². The van der Waals surface area contributed by atoms with Crippen LogP contribution in [0.15, 0.2) is 42.5 Å². The molecule has 0 saturated heterocycles. The standard InChI is InChI=1S/C18H18N2O4/c1-23-15-9-5-7-12(16(15)24-2)18(22)20-13-8-4-3-6-11(13)10-14(20)17(19)21/h3-9,14H,10H2,1-2H3,(H2,19,21)/t14-/m0/s1. The van der Waals surface area contributed by atoms with E-state index < -0.39 is 11.9 Å². The SMILES string of the molecule is COc1cccc(C(=O)N2c3ccccc3C[C@H]2C(N)=O)c1OC. The zero-order chi connectivity index (χ0) is 17.3. The minimum absolute atomic E-state index is 0.319. The first-order valence-corrected chi connectivity index (χ1v) is 7.50. The molecule has 0 unspecified atom stereocenters. The fourth-order valence-corrected chi connectivity index (χ4v) is 3.05. The van der Waals surface area contributed by atoms with E-state index in [0.29, 0.717) is 29.2 Å². The summed E-state index contributed by atoms with van der Waals surface area (Å²) in [5.41, 5.74) is 7.44. The number of fused-ring (bicyclic) bond motifs is 1. The number of para-hydroxylation sites is 2. The van der Waals surface area contributed by atoms with Gasteiger partial charge in [0.05, 0.1) is 19.8 Å². The van der Waals surface area contributed by atoms with Gasteiger partial charge in [-0.05, 0) is 23.8 Å². The third-order valence-electron chi connectivity index (χ3n) is 4.16. The number of methoxy groups -OCH3 is 2. The van der Waals surface area contributed by atoms with Gasteiger partial charge >= 0.3 is 0 Å². The van der Waals surface area contributed by atoms with Crippen molar-refractivity contribution < 1.29 is 19.1 Å². The molecule has 0 radical (unpaired) electrons. The Kier molecular flexibility index (Phi) is 4.12. The van der Waals surface area contributed by atoms with Crippen molar-refractivity contribution in [2.75, 3.05) is 19.1 Å². The number of hydrogen-bond donors (Lipinski definition) is 1. The average molecular weight is 326 g/mol. The maximum atomic E-state index is 13.2. The maximum absolute atomic E-state index is 13.2. The van der Waals surface area contributed by atoms with Crippen LogP contribution in [0.25, 0.3) is 0 Å². The number of ether oxygens (including phenoxy) is 2. The highest BCUT2D eigenvalue weighted by molar-refractivity contribution is 6.13. The second-order valence-corrected chi connectivity index (χ2v) is 5.47. The molecular formula is C18H18N2O4. The predicted octanol–water partition coefficient (Wildman–Crippen LogP) is 1.76. The molecular weight excluding hydrogens is 308 g/mol. The molecule has 0 aliphatic carbocycles. The van der Waals surface area contributed by atoms with Crippen molar-refractivity contribution in [3.05, 3.63) is 53.6 Å². The van der Waals surface area contributed by atoms with E-state index in [0.717, 1.165) is 5.56 Å². The number of amides is 2. The fraction of sp³-hybridized carbons (Fsp3) is 0.222. The topological polar surface area (TPSA) is 81.9 Å². The first-order chi connectivity index (χ1) is 11.6. The maximum Gasteiger partial charge on any atom is 0.262 e. The molecule has 0 aromatic heterocycles. The lowest BCUT2D eigenvalue weighted by atomic mass is 10.1. The van der Waals surface area contributed by atoms with Crippen LogP contribution in [0.1, 0.15) is 15.9 Å². The molecule has 3 rings (SSSR count). The summed E-state index contributed by atoms with van der Waals surface area (Å²) in [6.07, 6.45) is 0.406. The minimum atomic E-state index is -0.717. The number of rotatable bonds is 4. The molecule has 2 aromatic rings. The summed E-state index contributed by atoms with van der Waals surface area (Å²) in [6, 6.07) is 11.7. The molecule has 2 amide bonds. The van der Waals surface area contributed by atoms with Gasteiger partial charge in [-0.2, -0.15) is 0 Å². The molecule has 2 aromatic carbocycles. The van der Waals surface area contributed by atoms with E-state index in [1.807, 2.05) is 24.3 Å². The van der Waals surface area contributed by atoms with Crippen LogP contribution in [0.5, 0.6) is 11.5 Å². The Morgan fingerprint density at radius 3 is 2.50 bits per heavy atom. The van der Waals surface area contributed by atoms with E-state index >= 15 is 0 Å². The quantitative estimate of drug-likeness (QED) is 0.928. The summed E-state index contributed by atoms with van der Waals surface area (Å²) in [5.74, 6) is -0.107. The van der Waals surface area contributed by atoms with Crippen LogP contribution in [-0.4, -0.2) is 32.1 Å². The highest BCUT2D eigenvalue weighted by Gasteiger charge is 2.38. The van der Waals surface area contributed by atoms with Crippen LogP contribution in [0.4, 0.5) is 5.69 Å². The summed E-state index contributed by atoms with van der Waals surface area (Å²) in [6.45, 7) is 0. The summed E-state index contributed by atoms with van der Waals surface area (Å²) in [5, 5.41) is 0. The van der Waals surface area contributed by atoms with Crippen molar-refractivity contribution in [2.45, 2.75) is 12.5 Å². The van der Waals surface area contributed by atoms with Gasteiger partial charge in [0.25, 0.3) is 5.91 Å². The van der Waals surface area contributed by atoms with Gasteiger partial charge in [0, 0.05) is 12.1 Å². The van der Waals surface area contributed by atoms with E-state index in [1.54, 1.807) is 18.2 Å². The van der Waals surface area contributed by atoms with Crippen molar-refractivity contribution in [1.82, 2.24) is 0 Å². The average Bonchev–Trinajstić information content (AvgIpc) is 3.00. The van der Waals surface area contributed by atoms with Crippen LogP contribution in [0.3, 0.4) is 0 Å². The zero-order valence-electron chi connectivity index (χ0n) is 13.5. The molecule has 0 spiro atoms. The Balaban J connectivity index is 2.10. The van der Waals surface area contributed by atoms with E-state index in [4.69, 9.17) is 15.2 Å². The number of carbonyl (C=O) groups excluding carboxylic acids is 2. The Morgan fingerprint density at radius 1 is 1.08 bits per heavy atom. The van der Waals surface area contributed by atoms with Crippen molar-refractivity contribution in [1.29, 1.82) is 0 Å². The molecule has 0 saturated carbocycles. The minimum Gasteiger partial charge on any atom is -0.493 e. The number of nitrogens with zero attached hydrogens (tertiary/aromatic N) is 1. The van der Waals surface area contributed by atoms with Crippen molar-refractivity contribution in [3.63, 3.8) is 0 Å². The van der Waals surface area contributed by atoms with Crippen LogP contribution in [-0.2, 0) is 11.2 Å². The number of anilines is 1. The van der Waals surface area contributed by atoms with Crippen molar-refractivity contribution in [2.24, 2.45) is 5.73 Å². The second-order valence-electron chi connectivity index (χ2n) is 5.47. The fourth-order valence-electron chi connectivity index (χ4n) is 3.05. The highest BCUT2D eigenvalue weighted by Crippen LogP contribution is 2.37. The lowest BCUT2D eigenvalue weighted by Gasteiger charge is -2.24. The van der Waals surface area contributed by atoms with Gasteiger partial charge < -0.3 is 15.2 Å². The molecule has 24 heavy (non-hydrogen) atoms. The molecule has 6 heteroatoms. The smallest absolute Gasteiger partial charge is 0.262 e. The van der Waals surface area contributed by atoms with Gasteiger partial charge in [-0.15, -0.1) is 0 Å². The number of benzene rings is 2. The molecule has 0 fully saturated rings. The zero-order valence-corrected chi connectivity index (χ0v) is 13.5. The molecule has 1 aliphatic rings. The molecule has 1 aliphatic heterocycles. The Bertz CT molecular complexity index is 803. The summed E-state index contributed by atoms with van der Waals surface area (Å²) >= 11 is 0. The third-order valence-corrected chi connectivity index (χ3v) is 4.16. The first kappa shape index (κ1) is 15.9. The van der Waals surface area contributed by atoms with Crippen LogP contribution >= 0.6 is 0 Å². The second kappa shape index (κ2) is 6.23. The van der Waals surface area contributed by atoms with Gasteiger partial charge in [-0.1, -0.05) is 24.3 Å². The van der Waals surface area contributed by atoms with E-state index in [1.165, 1.54) is 19.1 Å². The van der Waals surface area contributed by atoms with Gasteiger partial charge in [0.1, 0.15) is 6.04 Å². The van der Waals surface area contributed by atoms with Crippen LogP contribution in [0, 0.1) is 0 Å². The number of carbonyl (C=O) groups is 2. The number of nitrogens with two attached hydrogens (primary N) is 1. The monoisotopic (exact) mass is 326 g/mol. The molecule has 6 nitrogen and oxygen atoms in total. The highest BCUT2D eigenvalue weighted by atomic mass is 16.5. The third kappa shape index (κ3) is 2.46. The van der Waals surface area contributed by atoms with E-state index in [-0.39, 0.29) is 5.91 Å². The lowest BCUT2D eigenvalue weighted by molar-refractivity contribution is -0.119. The normalized spacial score (nSPS) is 15.8. The molecule has 124 valence electrons. The molecule has 1 heterocycles. The van der Waals surface area contributed by atoms with Crippen molar-refractivity contribution in [3.8, 4) is 11.5 Å². The Morgan fingerprint density at radius 2 is 1.83 bits per heavy atom. The molecule has 1 atom stereocenters. The largest absolute Gasteiger partial charge is 0.493 e. The first-order valence-electron chi connectivity index (χ1n) is 7.50. The van der Waals surface area contributed by atoms with Gasteiger partial charge in [0.15, 0.2) is 11.5 Å². The van der Waals surface area contributed by atoms with Gasteiger partial charge in [-0.3, -0.25) is 14.5 Å². The van der Waals surface area contributed by atoms with E-state index in [2.05, 4.69) is 0 Å². The summed E-state index contributed by atoms with van der Waals surface area (Å²) in [7, 11) is 2.97. The van der Waals surface area contributed by atoms with E-state index in [9.17, 15) is 9.59 Å². The number of primary amides is 1. The number of hydrogen-bond acceptors (Lipinski definition) is 4. The molecule has 0 bridgehead atoms.